The molecule has 45 heavy (non-hydrogen) atoms. The van der Waals surface area contributed by atoms with Crippen molar-refractivity contribution in [1.29, 1.82) is 0 Å². The van der Waals surface area contributed by atoms with Gasteiger partial charge in [0.05, 0.1) is 24.9 Å². The Morgan fingerprint density at radius 1 is 0.933 bits per heavy atom. The van der Waals surface area contributed by atoms with Crippen LogP contribution in [0, 0.1) is 46.3 Å². The van der Waals surface area contributed by atoms with Gasteiger partial charge in [-0.1, -0.05) is 39.2 Å². The van der Waals surface area contributed by atoms with Crippen molar-refractivity contribution in [3.8, 4) is 0 Å². The van der Waals surface area contributed by atoms with Crippen LogP contribution in [0.25, 0.3) is 0 Å². The molecule has 0 radical (unpaired) electrons. The first kappa shape index (κ1) is 37.1. The average molecular weight is 677 g/mol. The monoisotopic (exact) mass is 676 g/mol. The number of methoxy groups -OCH3 is 1. The zero-order valence-corrected chi connectivity index (χ0v) is 34.3. The van der Waals surface area contributed by atoms with Crippen molar-refractivity contribution >= 4 is 30.9 Å². The summed E-state index contributed by atoms with van der Waals surface area (Å²) in [5.74, 6) is 4.26. The Labute approximate surface area is 280 Å². The predicted molar refractivity (Wildman–Crippen MR) is 195 cm³/mol. The number of allylic oxidation sites excluding steroid dienone is 2. The predicted octanol–water partition coefficient (Wildman–Crippen LogP) is 10.2. The van der Waals surface area contributed by atoms with Gasteiger partial charge in [-0.25, -0.2) is 0 Å². The molecule has 0 aromatic rings. The first-order chi connectivity index (χ1) is 20.7. The minimum Gasteiger partial charge on any atom is -0.545 e. The third-order valence-corrected chi connectivity index (χ3v) is 14.8. The summed E-state index contributed by atoms with van der Waals surface area (Å²) < 4.78 is 25.0. The maximum absolute atomic E-state index is 12.6. The van der Waals surface area contributed by atoms with Crippen LogP contribution in [-0.4, -0.2) is 50.7 Å². The van der Waals surface area contributed by atoms with Gasteiger partial charge in [-0.05, 0) is 156 Å². The molecule has 0 bridgehead atoms. The van der Waals surface area contributed by atoms with Crippen LogP contribution in [0.1, 0.15) is 78.6 Å². The molecular formula is C37H68O5Si3. The van der Waals surface area contributed by atoms with Crippen LogP contribution >= 0.6 is 0 Å². The molecule has 5 unspecified atom stereocenters. The molecule has 4 rings (SSSR count). The van der Waals surface area contributed by atoms with Gasteiger partial charge in [0.2, 0.25) is 8.32 Å². The van der Waals surface area contributed by atoms with Crippen LogP contribution < -0.4 is 0 Å². The molecule has 258 valence electrons. The molecule has 3 fully saturated rings. The highest BCUT2D eigenvalue weighted by molar-refractivity contribution is 6.70. The third kappa shape index (κ3) is 8.68. The number of hydrogen-bond acceptors (Lipinski definition) is 5. The lowest BCUT2D eigenvalue weighted by molar-refractivity contribution is -0.146. The number of fused-ring (bicyclic) bond motifs is 5. The normalized spacial score (nSPS) is 34.9. The number of ether oxygens (including phenoxy) is 1. The maximum Gasteiger partial charge on any atom is 0.310 e. The first-order valence-electron chi connectivity index (χ1n) is 18.2. The molecule has 8 heteroatoms. The molecule has 0 N–H and O–H groups in total. The zero-order valence-electron chi connectivity index (χ0n) is 31.3. The smallest absolute Gasteiger partial charge is 0.310 e. The van der Waals surface area contributed by atoms with Crippen LogP contribution in [0.15, 0.2) is 23.5 Å². The minimum absolute atomic E-state index is 0.114. The third-order valence-electron chi connectivity index (χ3n) is 11.9. The number of esters is 1. The van der Waals surface area contributed by atoms with Gasteiger partial charge in [0.1, 0.15) is 0 Å². The summed E-state index contributed by atoms with van der Waals surface area (Å²) in [6, 6.07) is 0. The molecule has 9 atom stereocenters. The lowest BCUT2D eigenvalue weighted by atomic mass is 9.46. The molecule has 0 heterocycles. The molecule has 4 aliphatic rings. The fourth-order valence-corrected chi connectivity index (χ4v) is 12.7. The molecule has 0 spiro atoms. The second-order valence-corrected chi connectivity index (χ2v) is 32.1. The van der Waals surface area contributed by atoms with Crippen LogP contribution in [0.5, 0.6) is 0 Å². The largest absolute Gasteiger partial charge is 0.545 e. The molecule has 5 nitrogen and oxygen atoms in total. The van der Waals surface area contributed by atoms with Crippen molar-refractivity contribution in [3.05, 3.63) is 23.5 Å². The molecule has 0 aromatic heterocycles. The van der Waals surface area contributed by atoms with Gasteiger partial charge in [0.25, 0.3) is 0 Å². The van der Waals surface area contributed by atoms with Gasteiger partial charge in [0.15, 0.2) is 16.6 Å². The van der Waals surface area contributed by atoms with E-state index in [1.54, 1.807) is 5.57 Å². The molecule has 0 saturated heterocycles. The quantitative estimate of drug-likeness (QED) is 0.144. The van der Waals surface area contributed by atoms with E-state index in [0.29, 0.717) is 35.9 Å². The summed E-state index contributed by atoms with van der Waals surface area (Å²) in [7, 11) is -3.57. The molecule has 4 aliphatic carbocycles. The minimum atomic E-state index is -1.74. The van der Waals surface area contributed by atoms with Gasteiger partial charge in [-0.3, -0.25) is 4.79 Å². The Morgan fingerprint density at radius 2 is 1.62 bits per heavy atom. The Kier molecular flexibility index (Phi) is 11.3. The van der Waals surface area contributed by atoms with E-state index in [0.717, 1.165) is 43.3 Å². The maximum atomic E-state index is 12.6. The van der Waals surface area contributed by atoms with E-state index in [1.807, 2.05) is 0 Å². The second-order valence-electron chi connectivity index (χ2n) is 18.7. The highest BCUT2D eigenvalue weighted by Gasteiger charge is 2.62. The van der Waals surface area contributed by atoms with E-state index >= 15 is 0 Å². The molecular weight excluding hydrogens is 609 g/mol. The molecule has 0 aromatic carbocycles. The summed E-state index contributed by atoms with van der Waals surface area (Å²) in [4.78, 5) is 12.6. The summed E-state index contributed by atoms with van der Waals surface area (Å²) in [5.41, 5.74) is 2.16. The Bertz CT molecular complexity index is 1110. The first-order valence-corrected chi connectivity index (χ1v) is 28.4. The summed E-state index contributed by atoms with van der Waals surface area (Å²) in [6.07, 6.45) is 15.7. The van der Waals surface area contributed by atoms with Crippen molar-refractivity contribution in [2.45, 2.75) is 144 Å². The van der Waals surface area contributed by atoms with Crippen molar-refractivity contribution in [3.63, 3.8) is 0 Å². The van der Waals surface area contributed by atoms with E-state index in [2.05, 4.69) is 91.8 Å². The van der Waals surface area contributed by atoms with Crippen molar-refractivity contribution in [2.75, 3.05) is 13.7 Å². The average Bonchev–Trinajstić information content (AvgIpc) is 3.25. The molecule has 0 amide bonds. The van der Waals surface area contributed by atoms with E-state index < -0.39 is 25.0 Å². The molecule has 0 aliphatic heterocycles. The van der Waals surface area contributed by atoms with Gasteiger partial charge < -0.3 is 18.0 Å². The second kappa shape index (κ2) is 13.7. The van der Waals surface area contributed by atoms with Crippen LogP contribution in [-0.2, 0) is 22.8 Å². The van der Waals surface area contributed by atoms with E-state index in [4.69, 9.17) is 18.0 Å². The summed E-state index contributed by atoms with van der Waals surface area (Å²) in [5, 5.41) is 0. The summed E-state index contributed by atoms with van der Waals surface area (Å²) in [6.45, 7) is 28.8. The van der Waals surface area contributed by atoms with Crippen LogP contribution in [0.4, 0.5) is 0 Å². The Morgan fingerprint density at radius 3 is 2.22 bits per heavy atom. The fourth-order valence-electron chi connectivity index (χ4n) is 9.98. The highest BCUT2D eigenvalue weighted by atomic mass is 28.4. The van der Waals surface area contributed by atoms with Gasteiger partial charge >= 0.3 is 5.97 Å². The number of carbonyl (C=O) groups excluding carboxylic acids is 1. The topological polar surface area (TPSA) is 54.0 Å². The lowest BCUT2D eigenvalue weighted by Gasteiger charge is -2.61. The fraction of sp³-hybridized carbons (Fsp3) is 0.865. The van der Waals surface area contributed by atoms with Gasteiger partial charge in [-0.2, -0.15) is 0 Å². The van der Waals surface area contributed by atoms with E-state index in [1.165, 1.54) is 39.2 Å². The van der Waals surface area contributed by atoms with Crippen molar-refractivity contribution < 1.29 is 22.8 Å². The van der Waals surface area contributed by atoms with Crippen molar-refractivity contribution in [1.82, 2.24) is 0 Å². The highest BCUT2D eigenvalue weighted by Crippen LogP contribution is 2.68. The molecule has 3 saturated carbocycles. The Hall–Kier alpha value is -0.679. The zero-order chi connectivity index (χ0) is 33.6. The lowest BCUT2D eigenvalue weighted by Crippen LogP contribution is -2.57. The Balaban J connectivity index is 1.50. The van der Waals surface area contributed by atoms with Crippen LogP contribution in [0.2, 0.25) is 58.9 Å². The van der Waals surface area contributed by atoms with Gasteiger partial charge in [0, 0.05) is 6.61 Å². The van der Waals surface area contributed by atoms with E-state index in [9.17, 15) is 4.79 Å². The number of carbonyl (C=O) groups is 1. The van der Waals surface area contributed by atoms with Crippen LogP contribution in [0.3, 0.4) is 0 Å². The van der Waals surface area contributed by atoms with Gasteiger partial charge in [-0.15, -0.1) is 0 Å². The number of rotatable bonds is 13. The summed E-state index contributed by atoms with van der Waals surface area (Å²) >= 11 is 0. The number of hydrogen-bond donors (Lipinski definition) is 0. The standard InChI is InChI=1S/C37H68O5Si3/c1-26(15-14-16-27(35(38)39-4)25-40-43(5,6)7)30-17-18-31-34-32(20-22-37(30,31)3)36(2)21-19-29(41-44(8,9)10)23-28(36)24-33(34)42-45(11,12)13/h19,23,26-27,30-34H,14-18,20-22,24-25H2,1-13H3/t26?,27?,30-,31?,32?,33-,34?,36+,37-/m1/s1. The van der Waals surface area contributed by atoms with Crippen molar-refractivity contribution in [2.24, 2.45) is 46.3 Å². The van der Waals surface area contributed by atoms with E-state index in [-0.39, 0.29) is 17.3 Å². The SMILES string of the molecule is COC(=O)C(CCCC(C)[C@H]1CCC2C3C(CC[C@@]21C)[C@@]1(C)CC=C(O[Si](C)(C)C)C=C1C[C@H]3O[Si](C)(C)C)CO[Si](C)(C)C.